The molecule has 0 bridgehead atoms. The van der Waals surface area contributed by atoms with Crippen LogP contribution in [-0.4, -0.2) is 9.97 Å². The van der Waals surface area contributed by atoms with Crippen molar-refractivity contribution in [3.63, 3.8) is 0 Å². The lowest BCUT2D eigenvalue weighted by molar-refractivity contribution is 1.29. The van der Waals surface area contributed by atoms with Gasteiger partial charge in [0.05, 0.1) is 5.69 Å². The summed E-state index contributed by atoms with van der Waals surface area (Å²) in [7, 11) is 0. The van der Waals surface area contributed by atoms with Crippen molar-refractivity contribution in [3.8, 4) is 0 Å². The summed E-state index contributed by atoms with van der Waals surface area (Å²) in [5, 5.41) is 6.65. The largest absolute Gasteiger partial charge is 0.388 e. The van der Waals surface area contributed by atoms with E-state index in [1.165, 1.54) is 10.1 Å². The number of thiophene rings is 1. The maximum absolute atomic E-state index is 5.58. The molecular weight excluding hydrogens is 274 g/mol. The van der Waals surface area contributed by atoms with Crippen LogP contribution < -0.4 is 11.1 Å². The number of pyridine rings is 1. The molecule has 0 aliphatic heterocycles. The van der Waals surface area contributed by atoms with Gasteiger partial charge in [-0.15, -0.1) is 11.3 Å². The fourth-order valence-corrected chi connectivity index (χ4v) is 2.74. The maximum Gasteiger partial charge on any atom is 0.122 e. The summed E-state index contributed by atoms with van der Waals surface area (Å²) in [4.78, 5) is 4.42. The fraction of sp³-hybridized carbons (Fsp3) is 0. The van der Waals surface area contributed by atoms with Crippen molar-refractivity contribution in [1.29, 1.82) is 0 Å². The van der Waals surface area contributed by atoms with Gasteiger partial charge in [-0.3, -0.25) is 4.98 Å². The second kappa shape index (κ2) is 4.95. The number of anilines is 2. The Kier molecular flexibility index (Phi) is 3.15. The van der Waals surface area contributed by atoms with Crippen LogP contribution in [-0.2, 0) is 0 Å². The Hall–Kier alpha value is -1.98. The molecule has 0 saturated heterocycles. The normalized spacial score (nSPS) is 10.5. The van der Waals surface area contributed by atoms with E-state index in [1.54, 1.807) is 17.5 Å². The minimum atomic E-state index is 0.303. The van der Waals surface area contributed by atoms with E-state index < -0.39 is 0 Å². The number of benzene rings is 1. The monoisotopic (exact) mass is 285 g/mol. The molecule has 3 N–H and O–H groups in total. The molecule has 19 heavy (non-hydrogen) atoms. The first kappa shape index (κ1) is 12.1. The molecule has 3 rings (SSSR count). The third-order valence-electron chi connectivity index (χ3n) is 2.75. The number of fused-ring (bicyclic) bond motifs is 1. The lowest BCUT2D eigenvalue weighted by Crippen LogP contribution is -2.11. The van der Waals surface area contributed by atoms with Crippen molar-refractivity contribution in [2.24, 2.45) is 5.73 Å². The average molecular weight is 285 g/mol. The second-order valence-corrected chi connectivity index (χ2v) is 5.48. The third-order valence-corrected chi connectivity index (χ3v) is 3.86. The summed E-state index contributed by atoms with van der Waals surface area (Å²) in [5.41, 5.74) is 8.16. The molecule has 3 nitrogen and oxygen atoms in total. The van der Waals surface area contributed by atoms with E-state index in [1.807, 2.05) is 12.1 Å². The molecule has 94 valence electrons. The van der Waals surface area contributed by atoms with Crippen molar-refractivity contribution in [3.05, 3.63) is 53.7 Å². The zero-order valence-electron chi connectivity index (χ0n) is 9.96. The average Bonchev–Trinajstić information content (AvgIpc) is 2.86. The summed E-state index contributed by atoms with van der Waals surface area (Å²) in [5.74, 6) is 0. The highest BCUT2D eigenvalue weighted by Gasteiger charge is 2.01. The highest BCUT2D eigenvalue weighted by Crippen LogP contribution is 2.25. The number of nitrogens with zero attached hydrogens (tertiary/aromatic N) is 1. The topological polar surface area (TPSA) is 50.9 Å². The summed E-state index contributed by atoms with van der Waals surface area (Å²) >= 11 is 6.66. The summed E-state index contributed by atoms with van der Waals surface area (Å²) in [6.07, 6.45) is 1.69. The Balaban J connectivity index is 1.91. The van der Waals surface area contributed by atoms with Crippen molar-refractivity contribution < 1.29 is 0 Å². The van der Waals surface area contributed by atoms with Gasteiger partial charge in [0.25, 0.3) is 0 Å². The molecule has 2 heterocycles. The Bertz CT molecular complexity index is 749. The third kappa shape index (κ3) is 2.57. The van der Waals surface area contributed by atoms with E-state index in [-0.39, 0.29) is 0 Å². The van der Waals surface area contributed by atoms with Gasteiger partial charge in [-0.2, -0.15) is 0 Å². The Morgan fingerprint density at radius 1 is 1.16 bits per heavy atom. The smallest absolute Gasteiger partial charge is 0.122 e. The molecule has 1 aromatic carbocycles. The molecule has 0 amide bonds. The maximum atomic E-state index is 5.58. The van der Waals surface area contributed by atoms with Crippen molar-refractivity contribution in [2.75, 3.05) is 5.32 Å². The lowest BCUT2D eigenvalue weighted by atomic mass is 10.2. The van der Waals surface area contributed by atoms with Gasteiger partial charge in [-0.05, 0) is 47.2 Å². The van der Waals surface area contributed by atoms with E-state index in [9.17, 15) is 0 Å². The molecule has 5 heteroatoms. The van der Waals surface area contributed by atoms with Crippen molar-refractivity contribution in [1.82, 2.24) is 4.98 Å². The van der Waals surface area contributed by atoms with Crippen LogP contribution in [0.15, 0.2) is 48.0 Å². The van der Waals surface area contributed by atoms with Gasteiger partial charge in [0.15, 0.2) is 0 Å². The van der Waals surface area contributed by atoms with Gasteiger partial charge < -0.3 is 11.1 Å². The Morgan fingerprint density at radius 2 is 2.00 bits per heavy atom. The molecule has 0 atom stereocenters. The Morgan fingerprint density at radius 3 is 2.84 bits per heavy atom. The van der Waals surface area contributed by atoms with Crippen LogP contribution in [0.1, 0.15) is 5.69 Å². The van der Waals surface area contributed by atoms with Crippen LogP contribution in [0, 0.1) is 0 Å². The summed E-state index contributed by atoms with van der Waals surface area (Å²) in [6, 6.07) is 12.1. The predicted octanol–water partition coefficient (Wildman–Crippen LogP) is 3.67. The van der Waals surface area contributed by atoms with Crippen LogP contribution in [0.25, 0.3) is 10.1 Å². The van der Waals surface area contributed by atoms with E-state index in [0.29, 0.717) is 10.7 Å². The molecule has 0 aliphatic carbocycles. The molecule has 0 aliphatic rings. The van der Waals surface area contributed by atoms with Crippen LogP contribution >= 0.6 is 23.6 Å². The second-order valence-electron chi connectivity index (χ2n) is 4.09. The van der Waals surface area contributed by atoms with Gasteiger partial charge in [0.2, 0.25) is 0 Å². The minimum absolute atomic E-state index is 0.303. The molecule has 0 spiro atoms. The quantitative estimate of drug-likeness (QED) is 0.721. The van der Waals surface area contributed by atoms with E-state index in [4.69, 9.17) is 18.0 Å². The van der Waals surface area contributed by atoms with E-state index in [2.05, 4.69) is 39.9 Å². The number of aromatic nitrogens is 1. The molecule has 3 aromatic rings. The molecule has 0 fully saturated rings. The molecule has 0 saturated carbocycles. The molecular formula is C14H11N3S2. The van der Waals surface area contributed by atoms with Gasteiger partial charge in [-0.1, -0.05) is 12.2 Å². The zero-order valence-corrected chi connectivity index (χ0v) is 11.6. The SMILES string of the molecule is NC(=S)c1cc(Nc2ccc3sccc3c2)ccn1. The van der Waals surface area contributed by atoms with Crippen LogP contribution in [0.3, 0.4) is 0 Å². The van der Waals surface area contributed by atoms with Crippen molar-refractivity contribution >= 4 is 50.0 Å². The zero-order chi connectivity index (χ0) is 13.2. The first-order valence-electron chi connectivity index (χ1n) is 5.72. The lowest BCUT2D eigenvalue weighted by Gasteiger charge is -2.07. The van der Waals surface area contributed by atoms with Crippen LogP contribution in [0.5, 0.6) is 0 Å². The first-order chi connectivity index (χ1) is 9.22. The van der Waals surface area contributed by atoms with Crippen molar-refractivity contribution in [2.45, 2.75) is 0 Å². The number of hydrogen-bond acceptors (Lipinski definition) is 4. The van der Waals surface area contributed by atoms with Crippen LogP contribution in [0.4, 0.5) is 11.4 Å². The number of nitrogens with one attached hydrogen (secondary N) is 1. The number of thiocarbonyl (C=S) groups is 1. The van der Waals surface area contributed by atoms with Gasteiger partial charge in [0.1, 0.15) is 4.99 Å². The molecule has 0 radical (unpaired) electrons. The highest BCUT2D eigenvalue weighted by molar-refractivity contribution is 7.80. The van der Waals surface area contributed by atoms with Crippen LogP contribution in [0.2, 0.25) is 0 Å². The standard InChI is InChI=1S/C14H11N3S2/c15-14(18)12-8-11(3-5-16-12)17-10-1-2-13-9(7-10)4-6-19-13/h1-8H,(H2,15,18)(H,16,17). The predicted molar refractivity (Wildman–Crippen MR) is 85.2 cm³/mol. The fourth-order valence-electron chi connectivity index (χ4n) is 1.85. The minimum Gasteiger partial charge on any atom is -0.388 e. The first-order valence-corrected chi connectivity index (χ1v) is 7.01. The van der Waals surface area contributed by atoms with Gasteiger partial charge in [-0.25, -0.2) is 0 Å². The number of nitrogens with two attached hydrogens (primary N) is 1. The van der Waals surface area contributed by atoms with Gasteiger partial charge >= 0.3 is 0 Å². The summed E-state index contributed by atoms with van der Waals surface area (Å²) in [6.45, 7) is 0. The molecule has 2 aromatic heterocycles. The molecule has 0 unspecified atom stereocenters. The van der Waals surface area contributed by atoms with Gasteiger partial charge in [0, 0.05) is 22.3 Å². The Labute approximate surface area is 120 Å². The highest BCUT2D eigenvalue weighted by atomic mass is 32.1. The number of rotatable bonds is 3. The number of hydrogen-bond donors (Lipinski definition) is 2. The summed E-state index contributed by atoms with van der Waals surface area (Å²) < 4.78 is 1.28. The van der Waals surface area contributed by atoms with E-state index >= 15 is 0 Å². The van der Waals surface area contributed by atoms with E-state index in [0.717, 1.165) is 11.4 Å².